The Labute approximate surface area is 155 Å². The number of piperidine rings is 1. The minimum Gasteiger partial charge on any atom is -0.369 e. The minimum atomic E-state index is 0.402. The van der Waals surface area contributed by atoms with Crippen LogP contribution in [0.25, 0.3) is 11.0 Å². The van der Waals surface area contributed by atoms with E-state index in [-0.39, 0.29) is 0 Å². The molecule has 4 rings (SSSR count). The first-order valence-electron chi connectivity index (χ1n) is 8.51. The maximum Gasteiger partial charge on any atom is 0.164 e. The number of aryl methyl sites for hydroxylation is 1. The van der Waals surface area contributed by atoms with Crippen molar-refractivity contribution in [1.29, 1.82) is 0 Å². The van der Waals surface area contributed by atoms with Gasteiger partial charge >= 0.3 is 0 Å². The largest absolute Gasteiger partial charge is 0.369 e. The highest BCUT2D eigenvalue weighted by molar-refractivity contribution is 9.10. The van der Waals surface area contributed by atoms with E-state index in [1.54, 1.807) is 11.0 Å². The Bertz CT molecular complexity index is 878. The highest BCUT2D eigenvalue weighted by Crippen LogP contribution is 2.31. The zero-order valence-electron chi connectivity index (χ0n) is 14.4. The van der Waals surface area contributed by atoms with Crippen molar-refractivity contribution in [3.63, 3.8) is 0 Å². The summed E-state index contributed by atoms with van der Waals surface area (Å²) < 4.78 is 2.58. The Morgan fingerprint density at radius 1 is 1.20 bits per heavy atom. The van der Waals surface area contributed by atoms with Crippen LogP contribution >= 0.6 is 15.9 Å². The number of likely N-dealkylation sites (N-methyl/N-ethyl adjacent to an activating group) is 1. The summed E-state index contributed by atoms with van der Waals surface area (Å²) in [6, 6.07) is 11.0. The fraction of sp³-hybridized carbons (Fsp3) is 0.389. The van der Waals surface area contributed by atoms with E-state index in [2.05, 4.69) is 78.2 Å². The molecule has 1 fully saturated rings. The quantitative estimate of drug-likeness (QED) is 0.675. The van der Waals surface area contributed by atoms with Gasteiger partial charge in [0.1, 0.15) is 16.7 Å². The van der Waals surface area contributed by atoms with E-state index in [0.717, 1.165) is 41.0 Å². The molecule has 25 heavy (non-hydrogen) atoms. The molecule has 0 radical (unpaired) electrons. The molecule has 3 aromatic rings. The monoisotopic (exact) mass is 400 g/mol. The van der Waals surface area contributed by atoms with E-state index < -0.39 is 0 Å². The van der Waals surface area contributed by atoms with Crippen LogP contribution in [0.1, 0.15) is 12.8 Å². The normalized spacial score (nSPS) is 17.9. The first-order valence-corrected chi connectivity index (χ1v) is 9.30. The van der Waals surface area contributed by atoms with Gasteiger partial charge in [-0.3, -0.25) is 0 Å². The van der Waals surface area contributed by atoms with Gasteiger partial charge < -0.3 is 9.80 Å². The zero-order valence-corrected chi connectivity index (χ0v) is 16.0. The van der Waals surface area contributed by atoms with Crippen molar-refractivity contribution in [1.82, 2.24) is 19.7 Å². The van der Waals surface area contributed by atoms with E-state index in [1.807, 2.05) is 7.05 Å². The number of anilines is 2. The van der Waals surface area contributed by atoms with E-state index in [0.29, 0.717) is 6.04 Å². The first kappa shape index (κ1) is 16.3. The second kappa shape index (κ2) is 6.63. The fourth-order valence-electron chi connectivity index (χ4n) is 3.61. The molecule has 7 heteroatoms. The number of hydrogen-bond acceptors (Lipinski definition) is 5. The van der Waals surface area contributed by atoms with E-state index in [1.165, 1.54) is 12.1 Å². The number of nitrogens with zero attached hydrogens (tertiary/aromatic N) is 6. The molecule has 1 atom stereocenters. The lowest BCUT2D eigenvalue weighted by Crippen LogP contribution is -2.47. The molecule has 0 spiro atoms. The molecule has 1 aliphatic heterocycles. The Hall–Kier alpha value is -2.15. The smallest absolute Gasteiger partial charge is 0.164 e. The van der Waals surface area contributed by atoms with E-state index in [9.17, 15) is 0 Å². The Kier molecular flexibility index (Phi) is 4.33. The summed E-state index contributed by atoms with van der Waals surface area (Å²) in [7, 11) is 4.03. The first-order chi connectivity index (χ1) is 12.1. The van der Waals surface area contributed by atoms with Gasteiger partial charge in [-0.1, -0.05) is 18.2 Å². The zero-order chi connectivity index (χ0) is 17.4. The van der Waals surface area contributed by atoms with Gasteiger partial charge in [0.05, 0.1) is 5.39 Å². The topological polar surface area (TPSA) is 50.1 Å². The van der Waals surface area contributed by atoms with Crippen molar-refractivity contribution < 1.29 is 0 Å². The van der Waals surface area contributed by atoms with Crippen molar-refractivity contribution in [2.75, 3.05) is 29.9 Å². The van der Waals surface area contributed by atoms with Crippen molar-refractivity contribution in [2.24, 2.45) is 7.05 Å². The molecule has 0 amide bonds. The van der Waals surface area contributed by atoms with Gasteiger partial charge in [0.15, 0.2) is 5.65 Å². The maximum atomic E-state index is 4.57. The van der Waals surface area contributed by atoms with Crippen LogP contribution in [-0.2, 0) is 7.05 Å². The number of fused-ring (bicyclic) bond motifs is 1. The fourth-order valence-corrected chi connectivity index (χ4v) is 4.20. The second-order valence-corrected chi connectivity index (χ2v) is 7.25. The number of para-hydroxylation sites is 1. The molecule has 1 unspecified atom stereocenters. The lowest BCUT2D eigenvalue weighted by molar-refractivity contribution is 0.486. The lowest BCUT2D eigenvalue weighted by atomic mass is 10.0. The number of hydrogen-bond donors (Lipinski definition) is 0. The summed E-state index contributed by atoms with van der Waals surface area (Å²) in [5.41, 5.74) is 2.13. The molecule has 0 N–H and O–H groups in total. The molecule has 2 aromatic heterocycles. The third-order valence-electron chi connectivity index (χ3n) is 4.96. The summed E-state index contributed by atoms with van der Waals surface area (Å²) in [5, 5.41) is 5.41. The van der Waals surface area contributed by atoms with Crippen LogP contribution in [0.5, 0.6) is 0 Å². The van der Waals surface area contributed by atoms with Crippen LogP contribution in [0.15, 0.2) is 41.3 Å². The molecule has 1 aliphatic rings. The van der Waals surface area contributed by atoms with Gasteiger partial charge in [-0.05, 0) is 40.9 Å². The average molecular weight is 401 g/mol. The number of benzene rings is 1. The molecular formula is C18H21BrN6. The van der Waals surface area contributed by atoms with Crippen LogP contribution in [0.2, 0.25) is 0 Å². The number of aromatic nitrogens is 4. The van der Waals surface area contributed by atoms with Crippen molar-refractivity contribution in [3.8, 4) is 0 Å². The molecule has 130 valence electrons. The second-order valence-electron chi connectivity index (χ2n) is 6.50. The van der Waals surface area contributed by atoms with Gasteiger partial charge in [-0.2, -0.15) is 5.10 Å². The van der Waals surface area contributed by atoms with Crippen LogP contribution < -0.4 is 9.80 Å². The Morgan fingerprint density at radius 2 is 2.00 bits per heavy atom. The van der Waals surface area contributed by atoms with Crippen LogP contribution in [0.4, 0.5) is 11.5 Å². The molecule has 6 nitrogen and oxygen atoms in total. The third kappa shape index (κ3) is 2.97. The predicted molar refractivity (Wildman–Crippen MR) is 104 cm³/mol. The van der Waals surface area contributed by atoms with E-state index in [4.69, 9.17) is 0 Å². The summed E-state index contributed by atoms with van der Waals surface area (Å²) in [6.45, 7) is 2.09. The molecule has 0 saturated carbocycles. The van der Waals surface area contributed by atoms with Gasteiger partial charge in [0.2, 0.25) is 0 Å². The SMILES string of the molecule is CN(c1ncnc2c1c(Br)nn2C)C1CCCN(c2ccccc2)C1. The van der Waals surface area contributed by atoms with E-state index >= 15 is 0 Å². The summed E-state index contributed by atoms with van der Waals surface area (Å²) in [5.74, 6) is 0.935. The molecule has 3 heterocycles. The summed E-state index contributed by atoms with van der Waals surface area (Å²) in [4.78, 5) is 13.7. The minimum absolute atomic E-state index is 0.402. The summed E-state index contributed by atoms with van der Waals surface area (Å²) in [6.07, 6.45) is 3.95. The highest BCUT2D eigenvalue weighted by atomic mass is 79.9. The van der Waals surface area contributed by atoms with Crippen LogP contribution in [0.3, 0.4) is 0 Å². The lowest BCUT2D eigenvalue weighted by Gasteiger charge is -2.39. The van der Waals surface area contributed by atoms with Crippen molar-refractivity contribution in [2.45, 2.75) is 18.9 Å². The number of halogens is 1. The van der Waals surface area contributed by atoms with Crippen LogP contribution in [0, 0.1) is 0 Å². The van der Waals surface area contributed by atoms with Gasteiger partial charge in [-0.15, -0.1) is 0 Å². The molecule has 0 bridgehead atoms. The maximum absolute atomic E-state index is 4.57. The third-order valence-corrected chi connectivity index (χ3v) is 5.51. The molecule has 1 aromatic carbocycles. The Balaban J connectivity index is 1.64. The van der Waals surface area contributed by atoms with Crippen molar-refractivity contribution >= 4 is 38.5 Å². The van der Waals surface area contributed by atoms with Gasteiger partial charge in [0.25, 0.3) is 0 Å². The highest BCUT2D eigenvalue weighted by Gasteiger charge is 2.26. The van der Waals surface area contributed by atoms with Crippen molar-refractivity contribution in [3.05, 3.63) is 41.3 Å². The van der Waals surface area contributed by atoms with Gasteiger partial charge in [0, 0.05) is 38.9 Å². The standard InChI is InChI=1S/C18H21BrN6/c1-23(17-15-16(19)22-24(2)18(15)21-12-20-17)14-9-6-10-25(11-14)13-7-4-3-5-8-13/h3-5,7-8,12,14H,6,9-11H2,1-2H3. The number of rotatable bonds is 3. The summed E-state index contributed by atoms with van der Waals surface area (Å²) >= 11 is 3.56. The predicted octanol–water partition coefficient (Wildman–Crippen LogP) is 3.23. The molecular weight excluding hydrogens is 380 g/mol. The average Bonchev–Trinajstić information content (AvgIpc) is 2.96. The van der Waals surface area contributed by atoms with Crippen LogP contribution in [-0.4, -0.2) is 45.9 Å². The van der Waals surface area contributed by atoms with Gasteiger partial charge in [-0.25, -0.2) is 14.6 Å². The Morgan fingerprint density at radius 3 is 2.80 bits per heavy atom. The molecule has 0 aliphatic carbocycles. The molecule has 1 saturated heterocycles.